The number of nitrogens with one attached hydrogen (secondary N) is 1. The number of urea groups is 1. The molecule has 2 amide bonds. The van der Waals surface area contributed by atoms with Gasteiger partial charge in [-0.2, -0.15) is 4.98 Å². The Labute approximate surface area is 199 Å². The van der Waals surface area contributed by atoms with Gasteiger partial charge in [0.15, 0.2) is 0 Å². The summed E-state index contributed by atoms with van der Waals surface area (Å²) in [5.41, 5.74) is 2.85. The third-order valence-electron chi connectivity index (χ3n) is 5.72. The van der Waals surface area contributed by atoms with Gasteiger partial charge in [0.1, 0.15) is 11.6 Å². The van der Waals surface area contributed by atoms with Crippen LogP contribution < -0.4 is 15.0 Å². The SMILES string of the molecule is COc1cccc(C2NC(=O)N(c3ccc(C)c(F)c3)C(C)=C2c2nc(-c3cccs3)no2)c1. The summed E-state index contributed by atoms with van der Waals surface area (Å²) in [7, 11) is 1.58. The van der Waals surface area contributed by atoms with E-state index >= 15 is 0 Å². The summed E-state index contributed by atoms with van der Waals surface area (Å²) in [5.74, 6) is 0.981. The molecular formula is C25H21FN4O3S. The first-order valence-corrected chi connectivity index (χ1v) is 11.4. The van der Waals surface area contributed by atoms with Gasteiger partial charge in [-0.3, -0.25) is 4.90 Å². The van der Waals surface area contributed by atoms with Gasteiger partial charge in [-0.1, -0.05) is 29.4 Å². The molecule has 0 radical (unpaired) electrons. The van der Waals surface area contributed by atoms with Gasteiger partial charge in [0.2, 0.25) is 5.82 Å². The monoisotopic (exact) mass is 476 g/mol. The number of amides is 2. The third-order valence-corrected chi connectivity index (χ3v) is 6.59. The zero-order valence-corrected chi connectivity index (χ0v) is 19.5. The van der Waals surface area contributed by atoms with E-state index in [1.807, 2.05) is 41.8 Å². The number of thiophene rings is 1. The van der Waals surface area contributed by atoms with Gasteiger partial charge in [-0.15, -0.1) is 11.3 Å². The van der Waals surface area contributed by atoms with Crippen molar-refractivity contribution in [3.8, 4) is 16.5 Å². The molecule has 1 aliphatic heterocycles. The van der Waals surface area contributed by atoms with Gasteiger partial charge in [0.05, 0.1) is 29.3 Å². The van der Waals surface area contributed by atoms with Crippen LogP contribution in [0.15, 0.2) is 70.2 Å². The lowest BCUT2D eigenvalue weighted by Gasteiger charge is -2.35. The van der Waals surface area contributed by atoms with Crippen LogP contribution in [0.25, 0.3) is 16.3 Å². The number of methoxy groups -OCH3 is 1. The molecule has 4 aromatic rings. The second-order valence-corrected chi connectivity index (χ2v) is 8.78. The molecule has 0 saturated heterocycles. The third kappa shape index (κ3) is 3.84. The van der Waals surface area contributed by atoms with E-state index in [-0.39, 0.29) is 5.89 Å². The number of nitrogens with zero attached hydrogens (tertiary/aromatic N) is 3. The zero-order valence-electron chi connectivity index (χ0n) is 18.7. The Bertz CT molecular complexity index is 1400. The number of allylic oxidation sites excluding steroid dienone is 1. The number of hydrogen-bond acceptors (Lipinski definition) is 6. The van der Waals surface area contributed by atoms with Crippen molar-refractivity contribution in [2.24, 2.45) is 0 Å². The number of aromatic nitrogens is 2. The van der Waals surface area contributed by atoms with Crippen molar-refractivity contribution in [1.29, 1.82) is 0 Å². The summed E-state index contributed by atoms with van der Waals surface area (Å²) in [4.78, 5) is 20.2. The first-order chi connectivity index (χ1) is 16.5. The predicted octanol–water partition coefficient (Wildman–Crippen LogP) is 5.96. The minimum atomic E-state index is -0.578. The van der Waals surface area contributed by atoms with Crippen LogP contribution in [0, 0.1) is 12.7 Å². The lowest BCUT2D eigenvalue weighted by Crippen LogP contribution is -2.46. The highest BCUT2D eigenvalue weighted by molar-refractivity contribution is 7.13. The Balaban J connectivity index is 1.67. The molecule has 7 nitrogen and oxygen atoms in total. The quantitative estimate of drug-likeness (QED) is 0.385. The zero-order chi connectivity index (χ0) is 23.8. The highest BCUT2D eigenvalue weighted by Gasteiger charge is 2.37. The number of aryl methyl sites for hydroxylation is 1. The van der Waals surface area contributed by atoms with Crippen LogP contribution in [0.2, 0.25) is 0 Å². The smallest absolute Gasteiger partial charge is 0.327 e. The lowest BCUT2D eigenvalue weighted by molar-refractivity contribution is 0.244. The number of hydrogen-bond donors (Lipinski definition) is 1. The number of rotatable bonds is 5. The highest BCUT2D eigenvalue weighted by Crippen LogP contribution is 2.40. The van der Waals surface area contributed by atoms with Gasteiger partial charge in [-0.25, -0.2) is 9.18 Å². The van der Waals surface area contributed by atoms with Gasteiger partial charge in [-0.05, 0) is 60.7 Å². The van der Waals surface area contributed by atoms with E-state index in [4.69, 9.17) is 9.26 Å². The number of anilines is 1. The Morgan fingerprint density at radius 1 is 1.15 bits per heavy atom. The summed E-state index contributed by atoms with van der Waals surface area (Å²) in [6.07, 6.45) is 0. The predicted molar refractivity (Wildman–Crippen MR) is 128 cm³/mol. The highest BCUT2D eigenvalue weighted by atomic mass is 32.1. The van der Waals surface area contributed by atoms with Gasteiger partial charge < -0.3 is 14.6 Å². The van der Waals surface area contributed by atoms with Crippen LogP contribution in [-0.2, 0) is 0 Å². The minimum absolute atomic E-state index is 0.270. The van der Waals surface area contributed by atoms with Crippen molar-refractivity contribution in [1.82, 2.24) is 15.5 Å². The maximum absolute atomic E-state index is 14.4. The summed E-state index contributed by atoms with van der Waals surface area (Å²) in [6.45, 7) is 3.46. The molecular weight excluding hydrogens is 455 g/mol. The number of ether oxygens (including phenoxy) is 1. The van der Waals surface area contributed by atoms with Gasteiger partial charge >= 0.3 is 6.03 Å². The maximum atomic E-state index is 14.4. The molecule has 1 unspecified atom stereocenters. The first kappa shape index (κ1) is 21.8. The van der Waals surface area contributed by atoms with Crippen LogP contribution >= 0.6 is 11.3 Å². The second kappa shape index (κ2) is 8.75. The van der Waals surface area contributed by atoms with E-state index in [1.165, 1.54) is 22.3 Å². The van der Waals surface area contributed by atoms with E-state index in [2.05, 4.69) is 15.5 Å². The second-order valence-electron chi connectivity index (χ2n) is 7.83. The van der Waals surface area contributed by atoms with Crippen molar-refractivity contribution in [3.63, 3.8) is 0 Å². The molecule has 5 rings (SSSR count). The average molecular weight is 477 g/mol. The fraction of sp³-hybridized carbons (Fsp3) is 0.160. The molecule has 34 heavy (non-hydrogen) atoms. The van der Waals surface area contributed by atoms with Crippen LogP contribution in [0.4, 0.5) is 14.9 Å². The van der Waals surface area contributed by atoms with Crippen LogP contribution in [0.3, 0.4) is 0 Å². The van der Waals surface area contributed by atoms with Crippen LogP contribution in [0.1, 0.15) is 30.0 Å². The fourth-order valence-electron chi connectivity index (χ4n) is 3.96. The molecule has 1 atom stereocenters. The molecule has 172 valence electrons. The summed E-state index contributed by atoms with van der Waals surface area (Å²) >= 11 is 1.50. The van der Waals surface area contributed by atoms with Crippen molar-refractivity contribution in [2.45, 2.75) is 19.9 Å². The Morgan fingerprint density at radius 2 is 2.00 bits per heavy atom. The van der Waals surface area contributed by atoms with E-state index in [9.17, 15) is 9.18 Å². The van der Waals surface area contributed by atoms with Crippen molar-refractivity contribution in [2.75, 3.05) is 12.0 Å². The number of benzene rings is 2. The molecule has 0 bridgehead atoms. The fourth-order valence-corrected chi connectivity index (χ4v) is 4.61. The molecule has 0 saturated carbocycles. The molecule has 0 fully saturated rings. The average Bonchev–Trinajstić information content (AvgIpc) is 3.53. The summed E-state index contributed by atoms with van der Waals surface area (Å²) in [5, 5.41) is 9.10. The molecule has 0 spiro atoms. The van der Waals surface area contributed by atoms with Crippen molar-refractivity contribution >= 4 is 28.6 Å². The topological polar surface area (TPSA) is 80.5 Å². The van der Waals surface area contributed by atoms with E-state index in [0.717, 1.165) is 10.4 Å². The lowest BCUT2D eigenvalue weighted by atomic mass is 9.94. The maximum Gasteiger partial charge on any atom is 0.327 e. The Hall–Kier alpha value is -3.98. The summed E-state index contributed by atoms with van der Waals surface area (Å²) in [6, 6.07) is 14.9. The normalized spacial score (nSPS) is 16.1. The molecule has 1 aliphatic rings. The van der Waals surface area contributed by atoms with E-state index < -0.39 is 17.9 Å². The molecule has 2 aromatic heterocycles. The van der Waals surface area contributed by atoms with E-state index in [1.54, 1.807) is 33.1 Å². The molecule has 1 N–H and O–H groups in total. The van der Waals surface area contributed by atoms with Crippen LogP contribution in [-0.4, -0.2) is 23.3 Å². The standard InChI is InChI=1S/C25H21FN4O3S/c1-14-9-10-17(13-19(14)26)30-15(2)21(24-28-23(29-33-24)20-8-5-11-34-20)22(27-25(30)31)16-6-4-7-18(12-16)32-3/h4-13,22H,1-3H3,(H,27,31). The van der Waals surface area contributed by atoms with Crippen molar-refractivity contribution in [3.05, 3.63) is 88.5 Å². The number of halogens is 1. The Kier molecular flexibility index (Phi) is 5.62. The molecule has 0 aliphatic carbocycles. The minimum Gasteiger partial charge on any atom is -0.497 e. The van der Waals surface area contributed by atoms with Gasteiger partial charge in [0.25, 0.3) is 5.89 Å². The number of carbonyl (C=O) groups is 1. The van der Waals surface area contributed by atoms with Gasteiger partial charge in [0, 0.05) is 5.70 Å². The Morgan fingerprint density at radius 3 is 2.74 bits per heavy atom. The van der Waals surface area contributed by atoms with Crippen LogP contribution in [0.5, 0.6) is 5.75 Å². The largest absolute Gasteiger partial charge is 0.497 e. The molecule has 9 heteroatoms. The van der Waals surface area contributed by atoms with Crippen molar-refractivity contribution < 1.29 is 18.4 Å². The number of carbonyl (C=O) groups excluding carboxylic acids is 1. The molecule has 2 aromatic carbocycles. The first-order valence-electron chi connectivity index (χ1n) is 10.6. The summed E-state index contributed by atoms with van der Waals surface area (Å²) < 4.78 is 25.4. The van der Waals surface area contributed by atoms with E-state index in [0.29, 0.717) is 34.1 Å². The molecule has 3 heterocycles.